The van der Waals surface area contributed by atoms with Gasteiger partial charge in [0.15, 0.2) is 0 Å². The Morgan fingerprint density at radius 3 is 2.44 bits per heavy atom. The molecule has 0 aliphatic carbocycles. The second-order valence-electron chi connectivity index (χ2n) is 2.94. The summed E-state index contributed by atoms with van der Waals surface area (Å²) in [5, 5.41) is 0. The Morgan fingerprint density at radius 2 is 1.94 bits per heavy atom. The molecule has 0 spiro atoms. The van der Waals surface area contributed by atoms with Crippen LogP contribution in [0.15, 0.2) is 24.3 Å². The first-order valence-electron chi connectivity index (χ1n) is 4.15. The summed E-state index contributed by atoms with van der Waals surface area (Å²) in [5.41, 5.74) is 2.89. The molecule has 0 fully saturated rings. The van der Waals surface area contributed by atoms with Crippen molar-refractivity contribution in [2.45, 2.75) is 6.18 Å². The van der Waals surface area contributed by atoms with Gasteiger partial charge in [0.1, 0.15) is 5.82 Å². The fraction of sp³-hybridized carbons (Fsp3) is 0.100. The number of carbonyl (C=O) groups is 1. The van der Waals surface area contributed by atoms with E-state index in [2.05, 4.69) is 0 Å². The van der Waals surface area contributed by atoms with E-state index in [1.807, 2.05) is 0 Å². The Balaban J connectivity index is 3.29. The maximum absolute atomic E-state index is 13.0. The Morgan fingerprint density at radius 1 is 1.31 bits per heavy atom. The van der Waals surface area contributed by atoms with Gasteiger partial charge in [-0.1, -0.05) is 12.1 Å². The van der Waals surface area contributed by atoms with Gasteiger partial charge in [0.25, 0.3) is 0 Å². The van der Waals surface area contributed by atoms with Gasteiger partial charge >= 0.3 is 6.18 Å². The number of nitrogens with two attached hydrogens (primary N) is 1. The molecule has 16 heavy (non-hydrogen) atoms. The van der Waals surface area contributed by atoms with Gasteiger partial charge in [0.2, 0.25) is 5.91 Å². The summed E-state index contributed by atoms with van der Waals surface area (Å²) in [7, 11) is 0. The summed E-state index contributed by atoms with van der Waals surface area (Å²) < 4.78 is 50.3. The second kappa shape index (κ2) is 4.34. The van der Waals surface area contributed by atoms with Crippen molar-refractivity contribution in [1.29, 1.82) is 0 Å². The lowest BCUT2D eigenvalue weighted by Crippen LogP contribution is -2.11. The molecule has 1 rings (SSSR count). The fourth-order valence-electron chi connectivity index (χ4n) is 1.15. The summed E-state index contributed by atoms with van der Waals surface area (Å²) >= 11 is 0. The van der Waals surface area contributed by atoms with Gasteiger partial charge in [-0.25, -0.2) is 4.39 Å². The quantitative estimate of drug-likeness (QED) is 0.618. The highest BCUT2D eigenvalue weighted by Crippen LogP contribution is 2.34. The molecule has 0 aliphatic rings. The lowest BCUT2D eigenvalue weighted by Gasteiger charge is -2.10. The van der Waals surface area contributed by atoms with Crippen molar-refractivity contribution in [3.63, 3.8) is 0 Å². The molecule has 0 unspecified atom stereocenters. The van der Waals surface area contributed by atoms with Gasteiger partial charge < -0.3 is 5.73 Å². The third kappa shape index (κ3) is 2.82. The van der Waals surface area contributed by atoms with Crippen LogP contribution in [0.25, 0.3) is 6.08 Å². The Kier molecular flexibility index (Phi) is 3.31. The fourth-order valence-corrected chi connectivity index (χ4v) is 1.15. The summed E-state index contributed by atoms with van der Waals surface area (Å²) in [5.74, 6) is -2.29. The first kappa shape index (κ1) is 12.2. The predicted molar refractivity (Wildman–Crippen MR) is 49.6 cm³/mol. The molecule has 0 bridgehead atoms. The second-order valence-corrected chi connectivity index (χ2v) is 2.94. The van der Waals surface area contributed by atoms with Gasteiger partial charge in [-0.15, -0.1) is 0 Å². The molecule has 0 atom stereocenters. The van der Waals surface area contributed by atoms with Crippen LogP contribution in [0, 0.1) is 5.82 Å². The molecule has 1 amide bonds. The van der Waals surface area contributed by atoms with Gasteiger partial charge in [-0.3, -0.25) is 4.79 Å². The third-order valence-electron chi connectivity index (χ3n) is 1.76. The summed E-state index contributed by atoms with van der Waals surface area (Å²) in [6.45, 7) is 0. The Labute approximate surface area is 88.4 Å². The van der Waals surface area contributed by atoms with E-state index in [4.69, 9.17) is 5.73 Å². The van der Waals surface area contributed by atoms with Crippen LogP contribution in [0.1, 0.15) is 11.1 Å². The standard InChI is InChI=1S/C10H7F4NO/c11-7-3-1-2-6(4-5-8(15)16)9(7)10(12,13)14/h1-5H,(H2,15,16)/b5-4-. The van der Waals surface area contributed by atoms with E-state index in [1.165, 1.54) is 0 Å². The monoisotopic (exact) mass is 233 g/mol. The first-order valence-corrected chi connectivity index (χ1v) is 4.15. The molecule has 0 aromatic heterocycles. The molecule has 0 heterocycles. The van der Waals surface area contributed by atoms with Crippen molar-refractivity contribution in [3.8, 4) is 0 Å². The number of primary amides is 1. The van der Waals surface area contributed by atoms with Crippen molar-refractivity contribution in [1.82, 2.24) is 0 Å². The Bertz CT molecular complexity index is 437. The molecule has 2 N–H and O–H groups in total. The number of halogens is 4. The van der Waals surface area contributed by atoms with Crippen LogP contribution in [0.3, 0.4) is 0 Å². The largest absolute Gasteiger partial charge is 0.419 e. The van der Waals surface area contributed by atoms with Gasteiger partial charge in [-0.05, 0) is 17.7 Å². The average Bonchev–Trinajstić information content (AvgIpc) is 2.12. The third-order valence-corrected chi connectivity index (χ3v) is 1.76. The van der Waals surface area contributed by atoms with E-state index in [0.29, 0.717) is 6.07 Å². The van der Waals surface area contributed by atoms with Gasteiger partial charge in [0, 0.05) is 6.08 Å². The topological polar surface area (TPSA) is 43.1 Å². The van der Waals surface area contributed by atoms with Crippen molar-refractivity contribution in [2.75, 3.05) is 0 Å². The van der Waals surface area contributed by atoms with E-state index < -0.39 is 29.0 Å². The highest BCUT2D eigenvalue weighted by molar-refractivity contribution is 5.90. The van der Waals surface area contributed by atoms with Crippen LogP contribution in [0.4, 0.5) is 17.6 Å². The predicted octanol–water partition coefficient (Wildman–Crippen LogP) is 2.34. The lowest BCUT2D eigenvalue weighted by molar-refractivity contribution is -0.140. The van der Waals surface area contributed by atoms with Gasteiger partial charge in [0.05, 0.1) is 5.56 Å². The van der Waals surface area contributed by atoms with Crippen LogP contribution in [0.2, 0.25) is 0 Å². The zero-order chi connectivity index (χ0) is 12.3. The number of rotatable bonds is 2. The maximum Gasteiger partial charge on any atom is 0.419 e. The molecule has 0 saturated carbocycles. The van der Waals surface area contributed by atoms with Crippen molar-refractivity contribution < 1.29 is 22.4 Å². The van der Waals surface area contributed by atoms with Crippen LogP contribution < -0.4 is 5.73 Å². The molecule has 1 aromatic carbocycles. The molecule has 0 radical (unpaired) electrons. The maximum atomic E-state index is 13.0. The molecule has 6 heteroatoms. The minimum Gasteiger partial charge on any atom is -0.366 e. The highest BCUT2D eigenvalue weighted by Gasteiger charge is 2.36. The van der Waals surface area contributed by atoms with Crippen molar-refractivity contribution in [2.24, 2.45) is 5.73 Å². The zero-order valence-corrected chi connectivity index (χ0v) is 7.88. The number of hydrogen-bond donors (Lipinski definition) is 1. The highest BCUT2D eigenvalue weighted by atomic mass is 19.4. The van der Waals surface area contributed by atoms with E-state index >= 15 is 0 Å². The van der Waals surface area contributed by atoms with Crippen molar-refractivity contribution >= 4 is 12.0 Å². The van der Waals surface area contributed by atoms with E-state index in [0.717, 1.165) is 24.3 Å². The van der Waals surface area contributed by atoms with Crippen LogP contribution in [-0.2, 0) is 11.0 Å². The molecule has 2 nitrogen and oxygen atoms in total. The van der Waals surface area contributed by atoms with Crippen LogP contribution in [-0.4, -0.2) is 5.91 Å². The normalized spacial score (nSPS) is 12.0. The Hall–Kier alpha value is -1.85. The summed E-state index contributed by atoms with van der Waals surface area (Å²) in [6, 6.07) is 2.86. The van der Waals surface area contributed by atoms with Crippen LogP contribution in [0.5, 0.6) is 0 Å². The summed E-state index contributed by atoms with van der Waals surface area (Å²) in [4.78, 5) is 10.4. The number of hydrogen-bond acceptors (Lipinski definition) is 1. The average molecular weight is 233 g/mol. The minimum absolute atomic E-state index is 0.439. The lowest BCUT2D eigenvalue weighted by atomic mass is 10.1. The molecular formula is C10H7F4NO. The minimum atomic E-state index is -4.82. The number of alkyl halides is 3. The van der Waals surface area contributed by atoms with Crippen LogP contribution >= 0.6 is 0 Å². The molecule has 86 valence electrons. The van der Waals surface area contributed by atoms with E-state index in [1.54, 1.807) is 0 Å². The van der Waals surface area contributed by atoms with E-state index in [-0.39, 0.29) is 0 Å². The SMILES string of the molecule is NC(=O)/C=C\c1cccc(F)c1C(F)(F)F. The molecule has 0 aliphatic heterocycles. The number of carbonyl (C=O) groups excluding carboxylic acids is 1. The van der Waals surface area contributed by atoms with Crippen molar-refractivity contribution in [3.05, 3.63) is 41.2 Å². The molecular weight excluding hydrogens is 226 g/mol. The van der Waals surface area contributed by atoms with E-state index in [9.17, 15) is 22.4 Å². The number of amides is 1. The number of benzene rings is 1. The zero-order valence-electron chi connectivity index (χ0n) is 7.88. The smallest absolute Gasteiger partial charge is 0.366 e. The molecule has 0 saturated heterocycles. The molecule has 1 aromatic rings. The summed E-state index contributed by atoms with van der Waals surface area (Å²) in [6.07, 6.45) is -3.25. The first-order chi connectivity index (χ1) is 7.32. The van der Waals surface area contributed by atoms with Gasteiger partial charge in [-0.2, -0.15) is 13.2 Å².